The summed E-state index contributed by atoms with van der Waals surface area (Å²) in [5.74, 6) is -1.18. The summed E-state index contributed by atoms with van der Waals surface area (Å²) in [6.45, 7) is 3.28. The predicted octanol–water partition coefficient (Wildman–Crippen LogP) is -4.42. The van der Waals surface area contributed by atoms with Crippen molar-refractivity contribution < 1.29 is 18.4 Å². The van der Waals surface area contributed by atoms with Crippen LogP contribution < -0.4 is 5.32 Å². The predicted molar refractivity (Wildman–Crippen MR) is 241 cm³/mol. The maximum Gasteiger partial charge on any atom is 0.322 e. The van der Waals surface area contributed by atoms with Gasteiger partial charge in [-0.25, -0.2) is 18.6 Å². The SMILES string of the molecule is CCCC(=O)N1CCC(N(C)C(=O)Nc2cnc(-c3cc(F)cc(F)c3)s2)CC1.[B][B]B([B])B(B([B])[B])B(B(B([B])[B])B([B])[B])B(B([B])[B])B([B])[B]. The highest BCUT2D eigenvalue weighted by atomic mass is 32.1. The molecule has 225 valence electrons. The van der Waals surface area contributed by atoms with E-state index in [1.165, 1.54) is 25.4 Å². The largest absolute Gasteiger partial charge is 0.343 e. The Morgan fingerprint density at radius 3 is 1.77 bits per heavy atom. The van der Waals surface area contributed by atoms with Gasteiger partial charge >= 0.3 is 6.03 Å². The van der Waals surface area contributed by atoms with Gasteiger partial charge in [0.2, 0.25) is 5.91 Å². The van der Waals surface area contributed by atoms with Crippen molar-refractivity contribution in [3.05, 3.63) is 36.0 Å². The molecule has 1 aromatic carbocycles. The summed E-state index contributed by atoms with van der Waals surface area (Å²) < 4.78 is 26.8. The number of aromatic nitrogens is 1. The molecule has 0 unspecified atom stereocenters. The van der Waals surface area contributed by atoms with Gasteiger partial charge in [0.15, 0.2) is 0 Å². The number of nitrogens with one attached hydrogen (secondary N) is 1. The summed E-state index contributed by atoms with van der Waals surface area (Å²) >= 11 is 1.15. The lowest BCUT2D eigenvalue weighted by Gasteiger charge is -2.45. The molecular formula is C20H24B23F2N4O2S. The molecule has 52 heavy (non-hydrogen) atoms. The van der Waals surface area contributed by atoms with Crippen LogP contribution in [0.4, 0.5) is 18.6 Å². The molecule has 32 heteroatoms. The van der Waals surface area contributed by atoms with E-state index in [9.17, 15) is 18.4 Å². The molecule has 2 aromatic rings. The van der Waals surface area contributed by atoms with Gasteiger partial charge in [-0.15, -0.1) is 0 Å². The van der Waals surface area contributed by atoms with Crippen molar-refractivity contribution >= 4 is 192 Å². The number of hydrogen-bond acceptors (Lipinski definition) is 4. The number of carbonyl (C=O) groups excluding carboxylic acids is 2. The van der Waals surface area contributed by atoms with Crippen molar-refractivity contribution in [3.8, 4) is 10.6 Å². The zero-order valence-corrected chi connectivity index (χ0v) is 30.5. The Kier molecular flexibility index (Phi) is 20.4. The Bertz CT molecular complexity index is 1360. The molecule has 0 bridgehead atoms. The van der Waals surface area contributed by atoms with Gasteiger partial charge in [-0.2, -0.15) is 0 Å². The van der Waals surface area contributed by atoms with Crippen LogP contribution in [0.25, 0.3) is 10.6 Å². The standard InChI is InChI=1S/C20H24F2N4O2S.B23/c1-3-4-18(27)26-7-5-16(6-8-26)25(2)20(28)24-17-12-23-19(29-17)13-9-14(21)11-15(22)10-13;1-13-19(12)22(18(10)11)23(20(14(2)3)15(4)5)21(16(6)7)17(8)9/h9-12,16H,3-8H2,1-2H3,(H,24,28);. The van der Waals surface area contributed by atoms with E-state index < -0.39 is 75.5 Å². The summed E-state index contributed by atoms with van der Waals surface area (Å²) in [6.07, 6.45) is -3.70. The van der Waals surface area contributed by atoms with E-state index >= 15 is 0 Å². The molecule has 1 N–H and O–H groups in total. The van der Waals surface area contributed by atoms with E-state index in [2.05, 4.69) is 10.3 Å². The fourth-order valence-corrected chi connectivity index (χ4v) is 7.38. The number of piperidine rings is 1. The van der Waals surface area contributed by atoms with Crippen LogP contribution in [0.15, 0.2) is 24.4 Å². The van der Waals surface area contributed by atoms with Crippen molar-refractivity contribution in [3.63, 3.8) is 0 Å². The zero-order valence-electron chi connectivity index (χ0n) is 29.7. The summed E-state index contributed by atoms with van der Waals surface area (Å²) in [4.78, 5) is 32.2. The van der Waals surface area contributed by atoms with Gasteiger partial charge in [0, 0.05) is 208 Å². The van der Waals surface area contributed by atoms with Crippen molar-refractivity contribution in [2.75, 3.05) is 25.5 Å². The minimum absolute atomic E-state index is 0.0467. The van der Waals surface area contributed by atoms with Gasteiger partial charge in [-0.1, -0.05) is 18.3 Å². The van der Waals surface area contributed by atoms with E-state index in [1.54, 1.807) is 11.9 Å². The van der Waals surface area contributed by atoms with E-state index in [0.29, 0.717) is 35.1 Å². The lowest BCUT2D eigenvalue weighted by atomic mass is 8.36. The average molecular weight is 671 g/mol. The van der Waals surface area contributed by atoms with Gasteiger partial charge < -0.3 is 9.80 Å². The number of hydrogen-bond donors (Lipinski definition) is 1. The maximum absolute atomic E-state index is 13.4. The Morgan fingerprint density at radius 1 is 0.865 bits per heavy atom. The maximum atomic E-state index is 13.4. The monoisotopic (exact) mass is 675 g/mol. The second kappa shape index (κ2) is 22.5. The average Bonchev–Trinajstić information content (AvgIpc) is 3.52. The molecule has 3 rings (SSSR count). The van der Waals surface area contributed by atoms with Gasteiger partial charge in [0.25, 0.3) is 0 Å². The lowest BCUT2D eigenvalue weighted by molar-refractivity contribution is -0.132. The summed E-state index contributed by atoms with van der Waals surface area (Å²) in [5.41, 5.74) is 0.325. The van der Waals surface area contributed by atoms with Gasteiger partial charge in [0.1, 0.15) is 21.6 Å². The Morgan fingerprint density at radius 2 is 1.35 bits per heavy atom. The van der Waals surface area contributed by atoms with Crippen LogP contribution in [0, 0.1) is 11.6 Å². The molecule has 2 heterocycles. The van der Waals surface area contributed by atoms with Crippen LogP contribution in [0.2, 0.25) is 0 Å². The Balaban J connectivity index is 0.000000372. The van der Waals surface area contributed by atoms with E-state index in [-0.39, 0.29) is 18.0 Å². The molecule has 0 aliphatic carbocycles. The highest BCUT2D eigenvalue weighted by molar-refractivity contribution is 8.22. The summed E-state index contributed by atoms with van der Waals surface area (Å²) in [7, 11) is 73.1. The number of likely N-dealkylation sites (tertiary alicyclic amines) is 1. The molecule has 3 amide bonds. The number of benzene rings is 1. The minimum atomic E-state index is -0.925. The number of thiazole rings is 1. The van der Waals surface area contributed by atoms with Crippen LogP contribution in [0.5, 0.6) is 0 Å². The third kappa shape index (κ3) is 13.6. The number of rotatable bonds is 15. The molecule has 0 atom stereocenters. The summed E-state index contributed by atoms with van der Waals surface area (Å²) in [5, 5.41) is 3.71. The quantitative estimate of drug-likeness (QED) is 0.195. The second-order valence-electron chi connectivity index (χ2n) is 13.1. The number of amides is 3. The third-order valence-electron chi connectivity index (χ3n) is 9.22. The Hall–Kier alpha value is -1.06. The van der Waals surface area contributed by atoms with Crippen LogP contribution in [0.3, 0.4) is 0 Å². The van der Waals surface area contributed by atoms with Crippen LogP contribution in [-0.2, 0) is 4.79 Å². The number of carbonyl (C=O) groups is 2. The molecule has 1 aliphatic rings. The number of nitrogens with zero attached hydrogens (tertiary/aromatic N) is 3. The number of anilines is 1. The smallest absolute Gasteiger partial charge is 0.322 e. The topological polar surface area (TPSA) is 65.5 Å². The van der Waals surface area contributed by atoms with Gasteiger partial charge in [0.05, 0.1) is 6.20 Å². The first-order valence-corrected chi connectivity index (χ1v) is 17.8. The van der Waals surface area contributed by atoms with Gasteiger partial charge in [-0.3, -0.25) is 10.1 Å². The number of urea groups is 1. The van der Waals surface area contributed by atoms with E-state index in [4.69, 9.17) is 92.8 Å². The van der Waals surface area contributed by atoms with Crippen molar-refractivity contribution in [2.45, 2.75) is 38.6 Å². The van der Waals surface area contributed by atoms with Crippen molar-refractivity contribution in [1.29, 1.82) is 0 Å². The van der Waals surface area contributed by atoms with Crippen LogP contribution in [-0.4, -0.2) is 217 Å². The highest BCUT2D eigenvalue weighted by Crippen LogP contribution is 2.30. The van der Waals surface area contributed by atoms with Crippen LogP contribution >= 0.6 is 11.3 Å². The molecule has 0 saturated carbocycles. The number of halogens is 2. The first-order valence-electron chi connectivity index (χ1n) is 16.9. The molecule has 0 spiro atoms. The highest BCUT2D eigenvalue weighted by Gasteiger charge is 2.47. The Labute approximate surface area is 334 Å². The molecular weight excluding hydrogens is 647 g/mol. The first kappa shape index (κ1) is 47.1. The second-order valence-corrected chi connectivity index (χ2v) is 14.1. The van der Waals surface area contributed by atoms with Crippen LogP contribution in [0.1, 0.15) is 32.6 Å². The molecule has 1 aromatic heterocycles. The molecule has 1 saturated heterocycles. The summed E-state index contributed by atoms with van der Waals surface area (Å²) in [6, 6.07) is 2.98. The van der Waals surface area contributed by atoms with Crippen molar-refractivity contribution in [2.24, 2.45) is 0 Å². The molecule has 6 nitrogen and oxygen atoms in total. The zero-order chi connectivity index (χ0) is 39.4. The fourth-order valence-electron chi connectivity index (χ4n) is 6.58. The normalized spacial score (nSPS) is 12.3. The first-order chi connectivity index (χ1) is 24.3. The molecule has 1 aliphatic heterocycles. The molecule has 1 fully saturated rings. The third-order valence-corrected chi connectivity index (χ3v) is 10.2. The van der Waals surface area contributed by atoms with Crippen molar-refractivity contribution in [1.82, 2.24) is 14.8 Å². The van der Waals surface area contributed by atoms with E-state index in [1.807, 2.05) is 11.8 Å². The fraction of sp³-hybridized carbons (Fsp3) is 0.450. The minimum Gasteiger partial charge on any atom is -0.343 e. The molecule has 25 radical (unpaired) electrons. The van der Waals surface area contributed by atoms with Gasteiger partial charge in [-0.05, 0) is 31.4 Å². The lowest BCUT2D eigenvalue weighted by Crippen LogP contribution is -2.83. The van der Waals surface area contributed by atoms with E-state index in [0.717, 1.165) is 36.7 Å².